The van der Waals surface area contributed by atoms with Crippen molar-refractivity contribution in [3.63, 3.8) is 0 Å². The van der Waals surface area contributed by atoms with Crippen LogP contribution in [0.5, 0.6) is 0 Å². The molecule has 0 aliphatic carbocycles. The molecule has 0 bridgehead atoms. The predicted molar refractivity (Wildman–Crippen MR) is 135 cm³/mol. The van der Waals surface area contributed by atoms with Crippen molar-refractivity contribution in [1.82, 2.24) is 10.2 Å². The smallest absolute Gasteiger partial charge is 0.253 e. The predicted octanol–water partition coefficient (Wildman–Crippen LogP) is 4.15. The number of carbonyl (C=O) groups excluding carboxylic acids is 3. The normalized spacial score (nSPS) is 10.3. The second kappa shape index (κ2) is 12.2. The SMILES string of the molecule is CCN(CC)C(=O)c1cccc(NCC(=O)Nc2ccc(C(=O)NCc3ccccc3)cc2)c1. The molecule has 3 amide bonds. The number of benzene rings is 3. The Balaban J connectivity index is 1.49. The minimum atomic E-state index is -0.234. The summed E-state index contributed by atoms with van der Waals surface area (Å²) in [5.74, 6) is -0.449. The maximum absolute atomic E-state index is 12.5. The minimum absolute atomic E-state index is 0.0361. The number of amides is 3. The van der Waals surface area contributed by atoms with Crippen molar-refractivity contribution in [3.8, 4) is 0 Å². The van der Waals surface area contributed by atoms with E-state index < -0.39 is 0 Å². The Morgan fingerprint density at radius 1 is 0.765 bits per heavy atom. The number of nitrogens with zero attached hydrogens (tertiary/aromatic N) is 1. The van der Waals surface area contributed by atoms with Gasteiger partial charge in [-0.1, -0.05) is 36.4 Å². The zero-order valence-corrected chi connectivity index (χ0v) is 19.5. The first-order valence-electron chi connectivity index (χ1n) is 11.4. The molecule has 7 nitrogen and oxygen atoms in total. The first kappa shape index (κ1) is 24.5. The van der Waals surface area contributed by atoms with Gasteiger partial charge in [-0.25, -0.2) is 0 Å². The molecule has 34 heavy (non-hydrogen) atoms. The van der Waals surface area contributed by atoms with Gasteiger partial charge in [0.25, 0.3) is 11.8 Å². The molecule has 3 N–H and O–H groups in total. The summed E-state index contributed by atoms with van der Waals surface area (Å²) in [6.07, 6.45) is 0. The molecule has 0 atom stereocenters. The summed E-state index contributed by atoms with van der Waals surface area (Å²) >= 11 is 0. The van der Waals surface area contributed by atoms with E-state index >= 15 is 0 Å². The van der Waals surface area contributed by atoms with Gasteiger partial charge in [0.05, 0.1) is 6.54 Å². The van der Waals surface area contributed by atoms with Crippen molar-refractivity contribution < 1.29 is 14.4 Å². The summed E-state index contributed by atoms with van der Waals surface area (Å²) in [7, 11) is 0. The Hall–Kier alpha value is -4.13. The second-order valence-electron chi connectivity index (χ2n) is 7.71. The first-order valence-corrected chi connectivity index (χ1v) is 11.4. The molecule has 0 saturated heterocycles. The van der Waals surface area contributed by atoms with Crippen LogP contribution in [-0.2, 0) is 11.3 Å². The van der Waals surface area contributed by atoms with E-state index in [1.165, 1.54) is 0 Å². The summed E-state index contributed by atoms with van der Waals surface area (Å²) in [6, 6.07) is 23.5. The fraction of sp³-hybridized carbons (Fsp3) is 0.222. The molecule has 3 rings (SSSR count). The van der Waals surface area contributed by atoms with Gasteiger partial charge in [0, 0.05) is 42.1 Å². The van der Waals surface area contributed by atoms with Crippen LogP contribution in [0.3, 0.4) is 0 Å². The van der Waals surface area contributed by atoms with Gasteiger partial charge >= 0.3 is 0 Å². The lowest BCUT2D eigenvalue weighted by Crippen LogP contribution is -2.30. The van der Waals surface area contributed by atoms with Crippen LogP contribution in [0.2, 0.25) is 0 Å². The standard InChI is InChI=1S/C27H30N4O3/c1-3-31(4-2)27(34)22-11-8-12-24(17-22)28-19-25(32)30-23-15-13-21(14-16-23)26(33)29-18-20-9-6-5-7-10-20/h5-17,28H,3-4,18-19H2,1-2H3,(H,29,33)(H,30,32). The monoisotopic (exact) mass is 458 g/mol. The first-order chi connectivity index (χ1) is 16.5. The minimum Gasteiger partial charge on any atom is -0.376 e. The summed E-state index contributed by atoms with van der Waals surface area (Å²) in [5, 5.41) is 8.73. The van der Waals surface area contributed by atoms with Gasteiger partial charge in [0.15, 0.2) is 0 Å². The van der Waals surface area contributed by atoms with Crippen molar-refractivity contribution in [1.29, 1.82) is 0 Å². The van der Waals surface area contributed by atoms with Crippen molar-refractivity contribution in [2.24, 2.45) is 0 Å². The van der Waals surface area contributed by atoms with E-state index in [0.717, 1.165) is 5.56 Å². The molecule has 3 aromatic rings. The topological polar surface area (TPSA) is 90.5 Å². The molecule has 0 aromatic heterocycles. The van der Waals surface area contributed by atoms with Crippen molar-refractivity contribution in [2.45, 2.75) is 20.4 Å². The van der Waals surface area contributed by atoms with E-state index in [1.54, 1.807) is 47.4 Å². The van der Waals surface area contributed by atoms with Gasteiger partial charge in [0.2, 0.25) is 5.91 Å². The zero-order chi connectivity index (χ0) is 24.3. The highest BCUT2D eigenvalue weighted by molar-refractivity contribution is 5.97. The number of anilines is 2. The van der Waals surface area contributed by atoms with E-state index in [-0.39, 0.29) is 24.3 Å². The van der Waals surface area contributed by atoms with Crippen LogP contribution >= 0.6 is 0 Å². The van der Waals surface area contributed by atoms with Gasteiger partial charge in [-0.15, -0.1) is 0 Å². The molecule has 0 unspecified atom stereocenters. The number of carbonyl (C=O) groups is 3. The molecule has 3 aromatic carbocycles. The highest BCUT2D eigenvalue weighted by Crippen LogP contribution is 2.14. The molecule has 0 aliphatic heterocycles. The second-order valence-corrected chi connectivity index (χ2v) is 7.71. The molecule has 0 radical (unpaired) electrons. The van der Waals surface area contributed by atoms with Gasteiger partial charge < -0.3 is 20.9 Å². The molecule has 0 spiro atoms. The third-order valence-corrected chi connectivity index (χ3v) is 5.34. The number of hydrogen-bond donors (Lipinski definition) is 3. The van der Waals surface area contributed by atoms with Crippen LogP contribution < -0.4 is 16.0 Å². The molecule has 0 saturated carbocycles. The third kappa shape index (κ3) is 6.93. The third-order valence-electron chi connectivity index (χ3n) is 5.34. The number of hydrogen-bond acceptors (Lipinski definition) is 4. The highest BCUT2D eigenvalue weighted by atomic mass is 16.2. The molecule has 0 fully saturated rings. The highest BCUT2D eigenvalue weighted by Gasteiger charge is 2.13. The quantitative estimate of drug-likeness (QED) is 0.426. The lowest BCUT2D eigenvalue weighted by molar-refractivity contribution is -0.114. The van der Waals surface area contributed by atoms with Gasteiger partial charge in [0.1, 0.15) is 0 Å². The molecule has 0 aliphatic rings. The Bertz CT molecular complexity index is 1110. The van der Waals surface area contributed by atoms with Gasteiger partial charge in [-0.05, 0) is 61.9 Å². The van der Waals surface area contributed by atoms with Crippen molar-refractivity contribution in [3.05, 3.63) is 95.6 Å². The summed E-state index contributed by atoms with van der Waals surface area (Å²) in [6.45, 7) is 5.66. The average molecular weight is 459 g/mol. The lowest BCUT2D eigenvalue weighted by Gasteiger charge is -2.19. The van der Waals surface area contributed by atoms with Gasteiger partial charge in [-0.3, -0.25) is 14.4 Å². The molecular weight excluding hydrogens is 428 g/mol. The lowest BCUT2D eigenvalue weighted by atomic mass is 10.1. The molecular formula is C27H30N4O3. The fourth-order valence-electron chi connectivity index (χ4n) is 3.43. The number of nitrogens with one attached hydrogen (secondary N) is 3. The Morgan fingerprint density at radius 3 is 2.15 bits per heavy atom. The maximum Gasteiger partial charge on any atom is 0.253 e. The van der Waals surface area contributed by atoms with Crippen LogP contribution in [0.25, 0.3) is 0 Å². The summed E-state index contributed by atoms with van der Waals surface area (Å²) < 4.78 is 0. The van der Waals surface area contributed by atoms with E-state index in [2.05, 4.69) is 16.0 Å². The Labute approximate surface area is 200 Å². The fourth-order valence-corrected chi connectivity index (χ4v) is 3.43. The maximum atomic E-state index is 12.5. The van der Waals surface area contributed by atoms with Crippen LogP contribution in [0.1, 0.15) is 40.1 Å². The van der Waals surface area contributed by atoms with Crippen molar-refractivity contribution >= 4 is 29.1 Å². The average Bonchev–Trinajstić information content (AvgIpc) is 2.88. The Kier molecular flexibility index (Phi) is 8.80. The number of rotatable bonds is 10. The largest absolute Gasteiger partial charge is 0.376 e. The zero-order valence-electron chi connectivity index (χ0n) is 19.5. The van der Waals surface area contributed by atoms with Crippen LogP contribution in [0.4, 0.5) is 11.4 Å². The van der Waals surface area contributed by atoms with Crippen LogP contribution in [-0.4, -0.2) is 42.3 Å². The van der Waals surface area contributed by atoms with E-state index in [9.17, 15) is 14.4 Å². The van der Waals surface area contributed by atoms with Crippen molar-refractivity contribution in [2.75, 3.05) is 30.3 Å². The summed E-state index contributed by atoms with van der Waals surface area (Å²) in [4.78, 5) is 39.0. The molecule has 176 valence electrons. The summed E-state index contributed by atoms with van der Waals surface area (Å²) in [5.41, 5.74) is 3.41. The Morgan fingerprint density at radius 2 is 1.47 bits per heavy atom. The van der Waals surface area contributed by atoms with E-state index in [1.807, 2.05) is 50.2 Å². The van der Waals surface area contributed by atoms with Gasteiger partial charge in [-0.2, -0.15) is 0 Å². The van der Waals surface area contributed by atoms with Crippen LogP contribution in [0.15, 0.2) is 78.9 Å². The molecule has 0 heterocycles. The van der Waals surface area contributed by atoms with Crippen LogP contribution in [0, 0.1) is 0 Å². The molecule has 7 heteroatoms. The van der Waals surface area contributed by atoms with E-state index in [4.69, 9.17) is 0 Å². The van der Waals surface area contributed by atoms with E-state index in [0.29, 0.717) is 42.1 Å².